The number of aromatic nitrogens is 4. The molecule has 0 atom stereocenters. The van der Waals surface area contributed by atoms with Gasteiger partial charge in [-0.25, -0.2) is 9.38 Å². The summed E-state index contributed by atoms with van der Waals surface area (Å²) in [7, 11) is 4.20. The predicted octanol–water partition coefficient (Wildman–Crippen LogP) is 4.82. The summed E-state index contributed by atoms with van der Waals surface area (Å²) in [5.74, 6) is 1.67. The van der Waals surface area contributed by atoms with Crippen molar-refractivity contribution in [2.45, 2.75) is 13.5 Å². The standard InChI is InChI=1S/C27H28N6/c1-20-10-9-13-22(18-20)25-29-30-26-23-14-7-8-15-24(23)28-27(33(25)26)32(17-16-31(2)3)19-21-11-5-4-6-12-21/h4-15,18H,16-17,19H2,1-3H3. The summed E-state index contributed by atoms with van der Waals surface area (Å²) in [6.45, 7) is 4.58. The zero-order valence-corrected chi connectivity index (χ0v) is 19.3. The Bertz CT molecular complexity index is 1390. The van der Waals surface area contributed by atoms with Gasteiger partial charge in [-0.3, -0.25) is 0 Å². The van der Waals surface area contributed by atoms with E-state index in [0.717, 1.165) is 53.5 Å². The molecule has 0 aliphatic rings. The van der Waals surface area contributed by atoms with Crippen LogP contribution in [-0.2, 0) is 6.54 Å². The number of rotatable bonds is 7. The first-order chi connectivity index (χ1) is 16.1. The number of aryl methyl sites for hydroxylation is 1. The third-order valence-corrected chi connectivity index (χ3v) is 5.82. The van der Waals surface area contributed by atoms with Gasteiger partial charge in [0, 0.05) is 30.6 Å². The van der Waals surface area contributed by atoms with Gasteiger partial charge in [-0.15, -0.1) is 10.2 Å². The van der Waals surface area contributed by atoms with Crippen LogP contribution in [0.5, 0.6) is 0 Å². The molecule has 2 aromatic heterocycles. The van der Waals surface area contributed by atoms with Crippen LogP contribution in [0, 0.1) is 6.92 Å². The molecule has 0 aliphatic carbocycles. The van der Waals surface area contributed by atoms with E-state index < -0.39 is 0 Å². The highest BCUT2D eigenvalue weighted by Crippen LogP contribution is 2.29. The molecule has 2 heterocycles. The first-order valence-corrected chi connectivity index (χ1v) is 11.2. The average molecular weight is 437 g/mol. The van der Waals surface area contributed by atoms with Crippen LogP contribution in [0.25, 0.3) is 27.9 Å². The van der Waals surface area contributed by atoms with Gasteiger partial charge >= 0.3 is 0 Å². The topological polar surface area (TPSA) is 49.6 Å². The Morgan fingerprint density at radius 2 is 1.61 bits per heavy atom. The Hall–Kier alpha value is -3.77. The summed E-state index contributed by atoms with van der Waals surface area (Å²) < 4.78 is 2.12. The van der Waals surface area contributed by atoms with Crippen molar-refractivity contribution in [3.63, 3.8) is 0 Å². The van der Waals surface area contributed by atoms with E-state index in [1.54, 1.807) is 0 Å². The van der Waals surface area contributed by atoms with Gasteiger partial charge in [-0.05, 0) is 44.8 Å². The van der Waals surface area contributed by atoms with Crippen molar-refractivity contribution in [2.24, 2.45) is 0 Å². The maximum atomic E-state index is 5.15. The van der Waals surface area contributed by atoms with Crippen molar-refractivity contribution < 1.29 is 0 Å². The Kier molecular flexibility index (Phi) is 5.75. The number of likely N-dealkylation sites (N-methyl/N-ethyl adjacent to an activating group) is 1. The molecular weight excluding hydrogens is 408 g/mol. The lowest BCUT2D eigenvalue weighted by Gasteiger charge is -2.27. The Morgan fingerprint density at radius 3 is 2.39 bits per heavy atom. The summed E-state index contributed by atoms with van der Waals surface area (Å²) in [5, 5.41) is 10.3. The maximum absolute atomic E-state index is 5.15. The van der Waals surface area contributed by atoms with Crippen LogP contribution in [0.4, 0.5) is 5.95 Å². The van der Waals surface area contributed by atoms with Crippen molar-refractivity contribution in [3.8, 4) is 11.4 Å². The second-order valence-electron chi connectivity index (χ2n) is 8.69. The van der Waals surface area contributed by atoms with Crippen LogP contribution >= 0.6 is 0 Å². The predicted molar refractivity (Wildman–Crippen MR) is 135 cm³/mol. The molecule has 6 heteroatoms. The van der Waals surface area contributed by atoms with Gasteiger partial charge in [0.05, 0.1) is 5.52 Å². The second-order valence-corrected chi connectivity index (χ2v) is 8.69. The molecule has 0 fully saturated rings. The third-order valence-electron chi connectivity index (χ3n) is 5.82. The Balaban J connectivity index is 1.74. The molecule has 0 aliphatic heterocycles. The quantitative estimate of drug-likeness (QED) is 0.366. The molecule has 0 amide bonds. The van der Waals surface area contributed by atoms with Crippen molar-refractivity contribution in [1.29, 1.82) is 0 Å². The average Bonchev–Trinajstić information content (AvgIpc) is 3.27. The highest BCUT2D eigenvalue weighted by molar-refractivity contribution is 5.93. The zero-order valence-electron chi connectivity index (χ0n) is 19.3. The zero-order chi connectivity index (χ0) is 22.8. The van der Waals surface area contributed by atoms with E-state index in [9.17, 15) is 0 Å². The minimum Gasteiger partial charge on any atom is -0.336 e. The summed E-state index contributed by atoms with van der Waals surface area (Å²) in [6, 6.07) is 27.1. The fourth-order valence-electron chi connectivity index (χ4n) is 4.12. The van der Waals surface area contributed by atoms with Gasteiger partial charge in [0.15, 0.2) is 11.5 Å². The number of hydrogen-bond donors (Lipinski definition) is 0. The monoisotopic (exact) mass is 436 g/mol. The van der Waals surface area contributed by atoms with Crippen molar-refractivity contribution >= 4 is 22.5 Å². The number of fused-ring (bicyclic) bond motifs is 3. The summed E-state index contributed by atoms with van der Waals surface area (Å²) in [5.41, 5.74) is 5.21. The Morgan fingerprint density at radius 1 is 0.818 bits per heavy atom. The molecule has 5 aromatic rings. The van der Waals surface area contributed by atoms with E-state index in [0.29, 0.717) is 0 Å². The molecule has 6 nitrogen and oxygen atoms in total. The van der Waals surface area contributed by atoms with Gasteiger partial charge in [0.25, 0.3) is 0 Å². The van der Waals surface area contributed by atoms with E-state index in [1.165, 1.54) is 11.1 Å². The second kappa shape index (κ2) is 9.00. The molecule has 166 valence electrons. The molecule has 0 radical (unpaired) electrons. The molecular formula is C27H28N6. The maximum Gasteiger partial charge on any atom is 0.214 e. The molecule has 33 heavy (non-hydrogen) atoms. The lowest BCUT2D eigenvalue weighted by Crippen LogP contribution is -2.33. The number of benzene rings is 3. The highest BCUT2D eigenvalue weighted by Gasteiger charge is 2.21. The normalized spacial score (nSPS) is 11.5. The number of nitrogens with zero attached hydrogens (tertiary/aromatic N) is 6. The number of para-hydroxylation sites is 1. The van der Waals surface area contributed by atoms with Crippen LogP contribution in [0.2, 0.25) is 0 Å². The van der Waals surface area contributed by atoms with E-state index in [4.69, 9.17) is 4.98 Å². The highest BCUT2D eigenvalue weighted by atomic mass is 15.4. The summed E-state index contributed by atoms with van der Waals surface area (Å²) >= 11 is 0. The van der Waals surface area contributed by atoms with Crippen molar-refractivity contribution in [2.75, 3.05) is 32.1 Å². The van der Waals surface area contributed by atoms with Crippen molar-refractivity contribution in [3.05, 3.63) is 90.0 Å². The van der Waals surface area contributed by atoms with Crippen molar-refractivity contribution in [1.82, 2.24) is 24.5 Å². The molecule has 0 saturated carbocycles. The van der Waals surface area contributed by atoms with Crippen LogP contribution < -0.4 is 4.90 Å². The fourth-order valence-corrected chi connectivity index (χ4v) is 4.12. The molecule has 0 spiro atoms. The molecule has 5 rings (SSSR count). The van der Waals surface area contributed by atoms with Gasteiger partial charge in [0.2, 0.25) is 5.95 Å². The number of anilines is 1. The molecule has 0 saturated heterocycles. The molecule has 0 unspecified atom stereocenters. The third kappa shape index (κ3) is 4.30. The fraction of sp³-hybridized carbons (Fsp3) is 0.222. The molecule has 0 bridgehead atoms. The van der Waals surface area contributed by atoms with Gasteiger partial charge in [0.1, 0.15) is 0 Å². The van der Waals surface area contributed by atoms with Gasteiger partial charge in [-0.2, -0.15) is 0 Å². The summed E-state index contributed by atoms with van der Waals surface area (Å²) in [6.07, 6.45) is 0. The largest absolute Gasteiger partial charge is 0.336 e. The van der Waals surface area contributed by atoms with Crippen LogP contribution in [0.15, 0.2) is 78.9 Å². The number of hydrogen-bond acceptors (Lipinski definition) is 5. The molecule has 0 N–H and O–H groups in total. The van der Waals surface area contributed by atoms with E-state index in [2.05, 4.69) is 106 Å². The van der Waals surface area contributed by atoms with Gasteiger partial charge < -0.3 is 9.80 Å². The minimum atomic E-state index is 0.751. The first kappa shape index (κ1) is 21.1. The Labute approximate surface area is 194 Å². The van der Waals surface area contributed by atoms with E-state index in [1.807, 2.05) is 18.2 Å². The minimum absolute atomic E-state index is 0.751. The van der Waals surface area contributed by atoms with Crippen LogP contribution in [0.3, 0.4) is 0 Å². The van der Waals surface area contributed by atoms with Crippen LogP contribution in [0.1, 0.15) is 11.1 Å². The lowest BCUT2D eigenvalue weighted by atomic mass is 10.1. The SMILES string of the molecule is Cc1cccc(-c2nnc3c4ccccc4nc(N(CCN(C)C)Cc4ccccc4)n23)c1. The van der Waals surface area contributed by atoms with E-state index >= 15 is 0 Å². The van der Waals surface area contributed by atoms with Gasteiger partial charge in [-0.1, -0.05) is 66.2 Å². The van der Waals surface area contributed by atoms with E-state index in [-0.39, 0.29) is 0 Å². The summed E-state index contributed by atoms with van der Waals surface area (Å²) in [4.78, 5) is 9.68. The first-order valence-electron chi connectivity index (χ1n) is 11.2. The molecule has 3 aromatic carbocycles. The lowest BCUT2D eigenvalue weighted by molar-refractivity contribution is 0.411. The van der Waals surface area contributed by atoms with Crippen LogP contribution in [-0.4, -0.2) is 51.7 Å². The smallest absolute Gasteiger partial charge is 0.214 e.